The fourth-order valence-electron chi connectivity index (χ4n) is 9.13. The van der Waals surface area contributed by atoms with Gasteiger partial charge in [0.15, 0.2) is 0 Å². The van der Waals surface area contributed by atoms with E-state index in [1.165, 1.54) is 117 Å². The summed E-state index contributed by atoms with van der Waals surface area (Å²) < 4.78 is 5.44. The van der Waals surface area contributed by atoms with Crippen molar-refractivity contribution in [2.45, 2.75) is 0 Å². The van der Waals surface area contributed by atoms with Crippen molar-refractivity contribution in [3.63, 3.8) is 0 Å². The lowest BCUT2D eigenvalue weighted by molar-refractivity contribution is 1.67. The van der Waals surface area contributed by atoms with Gasteiger partial charge in [0, 0.05) is 40.3 Å². The number of hydrogen-bond acceptors (Lipinski definition) is 2. The summed E-state index contributed by atoms with van der Waals surface area (Å²) in [4.78, 5) is 0. The summed E-state index contributed by atoms with van der Waals surface area (Å²) in [5, 5.41) is 15.6. The van der Waals surface area contributed by atoms with Crippen LogP contribution in [0.5, 0.6) is 0 Å². The lowest BCUT2D eigenvalue weighted by Crippen LogP contribution is -1.93. The standard InChI is InChI=1S/C52H30S2/c1-2-14-33-31(12-1)13-11-22-37(33)49-38-17-5-7-19-40(38)50(41-20-8-6-18-39(41)49)42-26-25-34(35-15-3-4-16-36(35)42)32-24-28-47-45(30-32)43-27-29-48-51(52(43)54-47)44-21-9-10-23-46(44)53-48/h1-30H. The molecule has 250 valence electrons. The third kappa shape index (κ3) is 4.30. The van der Waals surface area contributed by atoms with E-state index >= 15 is 0 Å². The first-order valence-corrected chi connectivity index (χ1v) is 20.1. The molecule has 2 heteroatoms. The second-order valence-corrected chi connectivity index (χ2v) is 16.4. The molecule has 10 aromatic carbocycles. The normalized spacial score (nSPS) is 12.1. The monoisotopic (exact) mass is 718 g/mol. The molecule has 0 saturated heterocycles. The Morgan fingerprint density at radius 3 is 1.52 bits per heavy atom. The smallest absolute Gasteiger partial charge is 0.0448 e. The summed E-state index contributed by atoms with van der Waals surface area (Å²) in [6.45, 7) is 0. The van der Waals surface area contributed by atoms with Gasteiger partial charge in [-0.3, -0.25) is 0 Å². The van der Waals surface area contributed by atoms with Crippen molar-refractivity contribution >= 4 is 106 Å². The van der Waals surface area contributed by atoms with Crippen molar-refractivity contribution in [2.24, 2.45) is 0 Å². The summed E-state index contributed by atoms with van der Waals surface area (Å²) in [7, 11) is 0. The van der Waals surface area contributed by atoms with Gasteiger partial charge in [0.25, 0.3) is 0 Å². The van der Waals surface area contributed by atoms with Gasteiger partial charge in [-0.2, -0.15) is 0 Å². The van der Waals surface area contributed by atoms with E-state index in [9.17, 15) is 0 Å². The van der Waals surface area contributed by atoms with E-state index in [-0.39, 0.29) is 0 Å². The Kier molecular flexibility index (Phi) is 6.48. The summed E-state index contributed by atoms with van der Waals surface area (Å²) in [5.74, 6) is 0. The van der Waals surface area contributed by atoms with Crippen LogP contribution in [-0.4, -0.2) is 0 Å². The SMILES string of the molecule is c1ccc2c(-c3c4ccccc4c(-c4ccc(-c5ccc6sc7c(ccc8sc9ccccc9c87)c6c5)c5ccccc45)c4ccccc34)cccc2c1. The maximum Gasteiger partial charge on any atom is 0.0448 e. The molecule has 0 amide bonds. The highest BCUT2D eigenvalue weighted by atomic mass is 32.1. The largest absolute Gasteiger partial charge is 0.135 e. The molecular weight excluding hydrogens is 689 g/mol. The molecule has 12 aromatic rings. The van der Waals surface area contributed by atoms with Crippen molar-refractivity contribution in [2.75, 3.05) is 0 Å². The molecule has 0 atom stereocenters. The Hall–Kier alpha value is -6.32. The molecule has 0 aliphatic carbocycles. The summed E-state index contributed by atoms with van der Waals surface area (Å²) in [6.07, 6.45) is 0. The van der Waals surface area contributed by atoms with Crippen LogP contribution in [0.1, 0.15) is 0 Å². The number of rotatable bonds is 3. The van der Waals surface area contributed by atoms with Gasteiger partial charge >= 0.3 is 0 Å². The Balaban J connectivity index is 1.10. The van der Waals surface area contributed by atoms with E-state index in [4.69, 9.17) is 0 Å². The molecular formula is C52H30S2. The Morgan fingerprint density at radius 1 is 0.278 bits per heavy atom. The predicted octanol–water partition coefficient (Wildman–Crippen LogP) is 16.0. The fraction of sp³-hybridized carbons (Fsp3) is 0. The van der Waals surface area contributed by atoms with Gasteiger partial charge in [-0.15, -0.1) is 22.7 Å². The minimum atomic E-state index is 1.25. The zero-order valence-corrected chi connectivity index (χ0v) is 30.8. The molecule has 0 aliphatic rings. The van der Waals surface area contributed by atoms with Crippen LogP contribution in [0.2, 0.25) is 0 Å². The van der Waals surface area contributed by atoms with Crippen LogP contribution >= 0.6 is 22.7 Å². The number of thiophene rings is 2. The molecule has 0 aliphatic heterocycles. The van der Waals surface area contributed by atoms with Crippen LogP contribution in [0.3, 0.4) is 0 Å². The Morgan fingerprint density at radius 2 is 0.796 bits per heavy atom. The number of benzene rings is 10. The van der Waals surface area contributed by atoms with Crippen molar-refractivity contribution in [1.29, 1.82) is 0 Å². The first-order valence-electron chi connectivity index (χ1n) is 18.5. The van der Waals surface area contributed by atoms with E-state index in [0.29, 0.717) is 0 Å². The van der Waals surface area contributed by atoms with Crippen molar-refractivity contribution in [1.82, 2.24) is 0 Å². The first kappa shape index (κ1) is 30.2. The molecule has 0 saturated carbocycles. The summed E-state index contributed by atoms with van der Waals surface area (Å²) in [5.41, 5.74) is 7.64. The van der Waals surface area contributed by atoms with Gasteiger partial charge in [-0.05, 0) is 101 Å². The molecule has 0 nitrogen and oxygen atoms in total. The second kappa shape index (κ2) is 11.6. The molecule has 0 fully saturated rings. The summed E-state index contributed by atoms with van der Waals surface area (Å²) in [6, 6.07) is 67.8. The molecule has 2 heterocycles. The van der Waals surface area contributed by atoms with Crippen LogP contribution in [0.4, 0.5) is 0 Å². The zero-order valence-electron chi connectivity index (χ0n) is 29.1. The third-order valence-corrected chi connectivity index (χ3v) is 13.8. The van der Waals surface area contributed by atoms with Gasteiger partial charge in [-0.25, -0.2) is 0 Å². The van der Waals surface area contributed by atoms with E-state index in [2.05, 4.69) is 182 Å². The van der Waals surface area contributed by atoms with Gasteiger partial charge in [0.05, 0.1) is 0 Å². The Labute approximate surface area is 319 Å². The summed E-state index contributed by atoms with van der Waals surface area (Å²) >= 11 is 3.82. The van der Waals surface area contributed by atoms with E-state index in [1.807, 2.05) is 22.7 Å². The maximum atomic E-state index is 2.43. The predicted molar refractivity (Wildman–Crippen MR) is 239 cm³/mol. The number of hydrogen-bond donors (Lipinski definition) is 0. The van der Waals surface area contributed by atoms with Crippen molar-refractivity contribution in [3.8, 4) is 33.4 Å². The zero-order chi connectivity index (χ0) is 35.3. The Bertz CT molecular complexity index is 3440. The second-order valence-electron chi connectivity index (χ2n) is 14.3. The molecule has 54 heavy (non-hydrogen) atoms. The van der Waals surface area contributed by atoms with Gasteiger partial charge in [-0.1, -0.05) is 158 Å². The molecule has 0 bridgehead atoms. The highest BCUT2D eigenvalue weighted by Crippen LogP contribution is 2.49. The minimum Gasteiger partial charge on any atom is -0.135 e. The van der Waals surface area contributed by atoms with E-state index < -0.39 is 0 Å². The lowest BCUT2D eigenvalue weighted by Gasteiger charge is -2.20. The van der Waals surface area contributed by atoms with Crippen LogP contribution < -0.4 is 0 Å². The number of fused-ring (bicyclic) bond motifs is 11. The fourth-order valence-corrected chi connectivity index (χ4v) is 11.6. The van der Waals surface area contributed by atoms with Crippen LogP contribution in [-0.2, 0) is 0 Å². The first-order chi connectivity index (χ1) is 26.8. The molecule has 12 rings (SSSR count). The van der Waals surface area contributed by atoms with Crippen molar-refractivity contribution in [3.05, 3.63) is 182 Å². The van der Waals surface area contributed by atoms with Crippen molar-refractivity contribution < 1.29 is 0 Å². The highest BCUT2D eigenvalue weighted by molar-refractivity contribution is 7.29. The quantitative estimate of drug-likeness (QED) is 0.160. The van der Waals surface area contributed by atoms with Gasteiger partial charge in [0.1, 0.15) is 0 Å². The maximum absolute atomic E-state index is 2.43. The average Bonchev–Trinajstić information content (AvgIpc) is 3.80. The molecule has 0 spiro atoms. The molecule has 0 N–H and O–H groups in total. The van der Waals surface area contributed by atoms with Crippen LogP contribution in [0.15, 0.2) is 182 Å². The topological polar surface area (TPSA) is 0 Å². The molecule has 0 radical (unpaired) electrons. The van der Waals surface area contributed by atoms with Crippen LogP contribution in [0, 0.1) is 0 Å². The van der Waals surface area contributed by atoms with E-state index in [1.54, 1.807) is 0 Å². The lowest BCUT2D eigenvalue weighted by atomic mass is 9.83. The van der Waals surface area contributed by atoms with E-state index in [0.717, 1.165) is 0 Å². The van der Waals surface area contributed by atoms with Gasteiger partial charge < -0.3 is 0 Å². The van der Waals surface area contributed by atoms with Crippen LogP contribution in [0.25, 0.3) is 117 Å². The highest BCUT2D eigenvalue weighted by Gasteiger charge is 2.20. The molecule has 2 aromatic heterocycles. The third-order valence-electron chi connectivity index (χ3n) is 11.5. The molecule has 0 unspecified atom stereocenters. The van der Waals surface area contributed by atoms with Gasteiger partial charge in [0.2, 0.25) is 0 Å². The minimum absolute atomic E-state index is 1.25. The average molecular weight is 719 g/mol.